The number of hydrogen-bond donors (Lipinski definition) is 1. The van der Waals surface area contributed by atoms with Gasteiger partial charge in [-0.3, -0.25) is 0 Å². The van der Waals surface area contributed by atoms with E-state index < -0.39 is 11.7 Å². The summed E-state index contributed by atoms with van der Waals surface area (Å²) in [5.74, 6) is 0.642. The number of nitrogens with one attached hydrogen (secondary N) is 1. The summed E-state index contributed by atoms with van der Waals surface area (Å²) >= 11 is 0. The molecule has 1 heterocycles. The van der Waals surface area contributed by atoms with Gasteiger partial charge in [0.15, 0.2) is 0 Å². The van der Waals surface area contributed by atoms with E-state index in [2.05, 4.69) is 18.3 Å². The maximum Gasteiger partial charge on any atom is 0.407 e. The molecule has 1 N–H and O–H groups in total. The minimum absolute atomic E-state index is 0.151. The fourth-order valence-corrected chi connectivity index (χ4v) is 3.46. The van der Waals surface area contributed by atoms with Gasteiger partial charge in [-0.1, -0.05) is 42.9 Å². The second kappa shape index (κ2) is 14.4. The topological polar surface area (TPSA) is 83.1 Å². The highest BCUT2D eigenvalue weighted by Gasteiger charge is 2.22. The predicted molar refractivity (Wildman–Crippen MR) is 136 cm³/mol. The predicted octanol–water partition coefficient (Wildman–Crippen LogP) is 5.51. The molecule has 7 nitrogen and oxygen atoms in total. The number of rotatable bonds is 12. The van der Waals surface area contributed by atoms with Gasteiger partial charge in [-0.25, -0.2) is 9.59 Å². The summed E-state index contributed by atoms with van der Waals surface area (Å²) in [6, 6.07) is 7.79. The molecule has 0 bridgehead atoms. The SMILES string of the molecule is CC[C@H]1C=CC(=O)O[C@H]1/C=C/C(=C/CCOCc1ccc(OC)cc1)CCNC(=O)OC(C)(C)C. The summed E-state index contributed by atoms with van der Waals surface area (Å²) < 4.78 is 21.8. The first kappa shape index (κ1) is 28.2. The standard InChI is InChI=1S/C28H39NO6/c1-6-23-12-16-26(30)34-25(23)15-11-21(17-18-29-27(31)35-28(2,3)4)8-7-19-33-20-22-9-13-24(32-5)14-10-22/h8-16,23,25H,6-7,17-20H2,1-5H3,(H,29,31)/b15-11+,21-8-/t23-,25-/m0/s1. The Bertz CT molecular complexity index is 895. The Morgan fingerprint density at radius 3 is 2.60 bits per heavy atom. The van der Waals surface area contributed by atoms with E-state index in [1.807, 2.05) is 63.3 Å². The van der Waals surface area contributed by atoms with Crippen molar-refractivity contribution in [2.75, 3.05) is 20.3 Å². The van der Waals surface area contributed by atoms with E-state index in [1.54, 1.807) is 7.11 Å². The normalized spacial score (nSPS) is 18.4. The minimum atomic E-state index is -0.544. The largest absolute Gasteiger partial charge is 0.497 e. The number of amides is 1. The molecular weight excluding hydrogens is 446 g/mol. The molecule has 2 rings (SSSR count). The van der Waals surface area contributed by atoms with E-state index in [0.717, 1.165) is 23.3 Å². The van der Waals surface area contributed by atoms with E-state index >= 15 is 0 Å². The van der Waals surface area contributed by atoms with Crippen molar-refractivity contribution in [1.82, 2.24) is 5.32 Å². The lowest BCUT2D eigenvalue weighted by Crippen LogP contribution is -2.33. The van der Waals surface area contributed by atoms with Gasteiger partial charge in [0.05, 0.1) is 20.3 Å². The van der Waals surface area contributed by atoms with Crippen molar-refractivity contribution in [2.24, 2.45) is 5.92 Å². The molecule has 1 amide bonds. The minimum Gasteiger partial charge on any atom is -0.497 e. The summed E-state index contributed by atoms with van der Waals surface area (Å²) in [5, 5.41) is 2.79. The summed E-state index contributed by atoms with van der Waals surface area (Å²) in [7, 11) is 1.64. The van der Waals surface area contributed by atoms with Crippen LogP contribution in [0.4, 0.5) is 4.79 Å². The Labute approximate surface area is 209 Å². The maximum absolute atomic E-state index is 12.0. The lowest BCUT2D eigenvalue weighted by molar-refractivity contribution is -0.143. The molecule has 192 valence electrons. The van der Waals surface area contributed by atoms with Crippen LogP contribution in [0.1, 0.15) is 52.5 Å². The molecule has 0 radical (unpaired) electrons. The first-order valence-corrected chi connectivity index (χ1v) is 12.1. The number of carbonyl (C=O) groups excluding carboxylic acids is 2. The fourth-order valence-electron chi connectivity index (χ4n) is 3.46. The highest BCUT2D eigenvalue weighted by atomic mass is 16.6. The number of methoxy groups -OCH3 is 1. The summed E-state index contributed by atoms with van der Waals surface area (Å²) in [6.07, 6.45) is 10.8. The van der Waals surface area contributed by atoms with Gasteiger partial charge in [0, 0.05) is 18.5 Å². The van der Waals surface area contributed by atoms with Crippen LogP contribution in [0.25, 0.3) is 0 Å². The van der Waals surface area contributed by atoms with E-state index in [-0.39, 0.29) is 18.0 Å². The van der Waals surface area contributed by atoms with Crippen molar-refractivity contribution >= 4 is 12.1 Å². The van der Waals surface area contributed by atoms with Crippen LogP contribution in [-0.4, -0.2) is 44.0 Å². The molecule has 1 aliphatic heterocycles. The van der Waals surface area contributed by atoms with Crippen molar-refractivity contribution in [3.63, 3.8) is 0 Å². The van der Waals surface area contributed by atoms with Crippen molar-refractivity contribution in [3.8, 4) is 5.75 Å². The first-order chi connectivity index (χ1) is 16.7. The molecule has 0 saturated carbocycles. The van der Waals surface area contributed by atoms with Gasteiger partial charge in [0.2, 0.25) is 0 Å². The maximum atomic E-state index is 12.0. The molecule has 0 saturated heterocycles. The highest BCUT2D eigenvalue weighted by molar-refractivity contribution is 5.83. The third-order valence-electron chi connectivity index (χ3n) is 5.30. The molecule has 1 aromatic carbocycles. The van der Waals surface area contributed by atoms with E-state index in [9.17, 15) is 9.59 Å². The molecule has 2 atom stereocenters. The van der Waals surface area contributed by atoms with Crippen LogP contribution in [-0.2, 0) is 25.6 Å². The van der Waals surface area contributed by atoms with Crippen molar-refractivity contribution in [1.29, 1.82) is 0 Å². The summed E-state index contributed by atoms with van der Waals surface area (Å²) in [4.78, 5) is 23.7. The van der Waals surface area contributed by atoms with Gasteiger partial charge in [-0.05, 0) is 63.8 Å². The highest BCUT2D eigenvalue weighted by Crippen LogP contribution is 2.21. The van der Waals surface area contributed by atoms with Crippen LogP contribution >= 0.6 is 0 Å². The molecule has 0 aliphatic carbocycles. The monoisotopic (exact) mass is 485 g/mol. The molecule has 0 unspecified atom stereocenters. The van der Waals surface area contributed by atoms with Crippen LogP contribution in [0.5, 0.6) is 5.75 Å². The van der Waals surface area contributed by atoms with Gasteiger partial charge in [0.1, 0.15) is 17.5 Å². The van der Waals surface area contributed by atoms with E-state index in [1.165, 1.54) is 6.08 Å². The zero-order chi connectivity index (χ0) is 25.7. The van der Waals surface area contributed by atoms with E-state index in [0.29, 0.717) is 32.6 Å². The quantitative estimate of drug-likeness (QED) is 0.239. The third-order valence-corrected chi connectivity index (χ3v) is 5.30. The lowest BCUT2D eigenvalue weighted by Gasteiger charge is -2.24. The number of carbonyl (C=O) groups is 2. The number of cyclic esters (lactones) is 1. The Kier molecular flexibility index (Phi) is 11.6. The lowest BCUT2D eigenvalue weighted by atomic mass is 9.95. The van der Waals surface area contributed by atoms with Crippen LogP contribution in [0.15, 0.2) is 60.2 Å². The van der Waals surface area contributed by atoms with Crippen LogP contribution in [0.2, 0.25) is 0 Å². The molecule has 0 aromatic heterocycles. The average molecular weight is 486 g/mol. The van der Waals surface area contributed by atoms with Crippen LogP contribution in [0, 0.1) is 5.92 Å². The smallest absolute Gasteiger partial charge is 0.407 e. The fraction of sp³-hybridized carbons (Fsp3) is 0.500. The Balaban J connectivity index is 1.93. The number of esters is 1. The second-order valence-corrected chi connectivity index (χ2v) is 9.34. The van der Waals surface area contributed by atoms with Gasteiger partial charge < -0.3 is 24.3 Å². The van der Waals surface area contributed by atoms with Crippen molar-refractivity contribution < 1.29 is 28.5 Å². The molecular formula is C28H39NO6. The molecule has 7 heteroatoms. The average Bonchev–Trinajstić information content (AvgIpc) is 2.81. The van der Waals surface area contributed by atoms with E-state index in [4.69, 9.17) is 18.9 Å². The van der Waals surface area contributed by atoms with Gasteiger partial charge in [0.25, 0.3) is 0 Å². The zero-order valence-electron chi connectivity index (χ0n) is 21.5. The molecule has 1 aliphatic rings. The summed E-state index contributed by atoms with van der Waals surface area (Å²) in [5.41, 5.74) is 1.56. The number of allylic oxidation sites excluding steroid dienone is 1. The molecule has 35 heavy (non-hydrogen) atoms. The van der Waals surface area contributed by atoms with Gasteiger partial charge >= 0.3 is 12.1 Å². The Hall–Kier alpha value is -3.06. The van der Waals surface area contributed by atoms with Crippen LogP contribution < -0.4 is 10.1 Å². The molecule has 1 aromatic rings. The number of benzene rings is 1. The number of alkyl carbamates (subject to hydrolysis) is 1. The number of ether oxygens (including phenoxy) is 4. The first-order valence-electron chi connectivity index (χ1n) is 12.1. The van der Waals surface area contributed by atoms with Crippen LogP contribution in [0.3, 0.4) is 0 Å². The Morgan fingerprint density at radius 2 is 1.94 bits per heavy atom. The van der Waals surface area contributed by atoms with Crippen molar-refractivity contribution in [2.45, 2.75) is 65.3 Å². The summed E-state index contributed by atoms with van der Waals surface area (Å²) in [6.45, 7) is 9.06. The Morgan fingerprint density at radius 1 is 1.20 bits per heavy atom. The second-order valence-electron chi connectivity index (χ2n) is 9.34. The zero-order valence-corrected chi connectivity index (χ0v) is 21.5. The number of hydrogen-bond acceptors (Lipinski definition) is 6. The molecule has 0 fully saturated rings. The molecule has 0 spiro atoms. The third kappa shape index (κ3) is 11.3. The van der Waals surface area contributed by atoms with Crippen molar-refractivity contribution in [3.05, 3.63) is 65.8 Å². The van der Waals surface area contributed by atoms with Gasteiger partial charge in [-0.2, -0.15) is 0 Å². The van der Waals surface area contributed by atoms with Gasteiger partial charge in [-0.15, -0.1) is 0 Å².